The van der Waals surface area contributed by atoms with Crippen LogP contribution in [0.5, 0.6) is 0 Å². The number of hydrogen-bond donors (Lipinski definition) is 1. The van der Waals surface area contributed by atoms with Crippen molar-refractivity contribution in [2.75, 3.05) is 13.7 Å². The van der Waals surface area contributed by atoms with Crippen LogP contribution < -0.4 is 0 Å². The summed E-state index contributed by atoms with van der Waals surface area (Å²) in [4.78, 5) is 19.7. The van der Waals surface area contributed by atoms with Gasteiger partial charge in [-0.05, 0) is 24.8 Å². The summed E-state index contributed by atoms with van der Waals surface area (Å²) >= 11 is 1.42. The number of carbonyl (C=O) groups excluding carboxylic acids is 1. The SMILES string of the molecule is CN(C(=O)c1scnc1C1CC1)C(CCO)c1ccccc1. The van der Waals surface area contributed by atoms with Crippen molar-refractivity contribution in [3.8, 4) is 0 Å². The second-order valence-electron chi connectivity index (χ2n) is 5.70. The Hall–Kier alpha value is -1.72. The van der Waals surface area contributed by atoms with Gasteiger partial charge in [-0.3, -0.25) is 4.79 Å². The second-order valence-corrected chi connectivity index (χ2v) is 6.55. The van der Waals surface area contributed by atoms with Gasteiger partial charge in [0.1, 0.15) is 4.88 Å². The summed E-state index contributed by atoms with van der Waals surface area (Å²) in [7, 11) is 1.81. The Morgan fingerprint density at radius 3 is 2.77 bits per heavy atom. The Kier molecular flexibility index (Phi) is 4.55. The third-order valence-corrected chi connectivity index (χ3v) is 4.96. The van der Waals surface area contributed by atoms with Crippen molar-refractivity contribution in [1.82, 2.24) is 9.88 Å². The molecular formula is C17H20N2O2S. The zero-order valence-electron chi connectivity index (χ0n) is 12.6. The van der Waals surface area contributed by atoms with Crippen molar-refractivity contribution in [2.45, 2.75) is 31.2 Å². The normalized spacial score (nSPS) is 15.5. The van der Waals surface area contributed by atoms with Crippen molar-refractivity contribution in [2.24, 2.45) is 0 Å². The molecule has 1 saturated carbocycles. The van der Waals surface area contributed by atoms with E-state index in [4.69, 9.17) is 0 Å². The van der Waals surface area contributed by atoms with E-state index < -0.39 is 0 Å². The van der Waals surface area contributed by atoms with E-state index in [-0.39, 0.29) is 18.6 Å². The van der Waals surface area contributed by atoms with Crippen LogP contribution in [0.25, 0.3) is 0 Å². The van der Waals surface area contributed by atoms with Gasteiger partial charge in [-0.15, -0.1) is 11.3 Å². The molecule has 22 heavy (non-hydrogen) atoms. The van der Waals surface area contributed by atoms with Gasteiger partial charge in [0.15, 0.2) is 0 Å². The van der Waals surface area contributed by atoms with E-state index in [2.05, 4.69) is 4.98 Å². The zero-order valence-corrected chi connectivity index (χ0v) is 13.4. The largest absolute Gasteiger partial charge is 0.396 e. The molecule has 1 aliphatic carbocycles. The lowest BCUT2D eigenvalue weighted by atomic mass is 10.0. The second kappa shape index (κ2) is 6.58. The molecule has 5 heteroatoms. The minimum atomic E-state index is -0.118. The number of amides is 1. The van der Waals surface area contributed by atoms with Crippen LogP contribution in [0.4, 0.5) is 0 Å². The van der Waals surface area contributed by atoms with Crippen molar-refractivity contribution >= 4 is 17.2 Å². The van der Waals surface area contributed by atoms with Crippen LogP contribution in [0.2, 0.25) is 0 Å². The summed E-state index contributed by atoms with van der Waals surface area (Å²) in [6.07, 6.45) is 2.79. The van der Waals surface area contributed by atoms with Gasteiger partial charge >= 0.3 is 0 Å². The highest BCUT2D eigenvalue weighted by molar-refractivity contribution is 7.11. The first-order chi connectivity index (χ1) is 10.7. The Bertz CT molecular complexity index is 637. The fourth-order valence-electron chi connectivity index (χ4n) is 2.75. The lowest BCUT2D eigenvalue weighted by molar-refractivity contribution is 0.0708. The van der Waals surface area contributed by atoms with Crippen LogP contribution in [0.1, 0.15) is 52.2 Å². The lowest BCUT2D eigenvalue weighted by Gasteiger charge is -2.28. The zero-order chi connectivity index (χ0) is 15.5. The van der Waals surface area contributed by atoms with Crippen molar-refractivity contribution in [1.29, 1.82) is 0 Å². The number of benzene rings is 1. The summed E-state index contributed by atoms with van der Waals surface area (Å²) in [5.74, 6) is 0.471. The first-order valence-corrected chi connectivity index (χ1v) is 8.46. The predicted molar refractivity (Wildman–Crippen MR) is 87.1 cm³/mol. The Morgan fingerprint density at radius 1 is 1.41 bits per heavy atom. The smallest absolute Gasteiger partial charge is 0.266 e. The molecule has 1 heterocycles. The first kappa shape index (κ1) is 15.2. The maximum Gasteiger partial charge on any atom is 0.266 e. The van der Waals surface area contributed by atoms with Crippen LogP contribution in [-0.2, 0) is 0 Å². The number of rotatable bonds is 6. The number of nitrogens with zero attached hydrogens (tertiary/aromatic N) is 2. The van der Waals surface area contributed by atoms with Crippen LogP contribution in [-0.4, -0.2) is 34.6 Å². The molecular weight excluding hydrogens is 296 g/mol. The number of carbonyl (C=O) groups is 1. The standard InChI is InChI=1S/C17H20N2O2S/c1-19(14(9-10-20)12-5-3-2-4-6-12)17(21)16-15(13-7-8-13)18-11-22-16/h2-6,11,13-14,20H,7-10H2,1H3. The molecule has 0 radical (unpaired) electrons. The number of aromatic nitrogens is 1. The van der Waals surface area contributed by atoms with Crippen LogP contribution in [0.3, 0.4) is 0 Å². The highest BCUT2D eigenvalue weighted by Crippen LogP contribution is 2.42. The summed E-state index contributed by atoms with van der Waals surface area (Å²) in [5.41, 5.74) is 3.76. The van der Waals surface area contributed by atoms with Crippen LogP contribution in [0.15, 0.2) is 35.8 Å². The summed E-state index contributed by atoms with van der Waals surface area (Å²) in [6, 6.07) is 9.75. The molecule has 1 unspecified atom stereocenters. The topological polar surface area (TPSA) is 53.4 Å². The fraction of sp³-hybridized carbons (Fsp3) is 0.412. The molecule has 116 valence electrons. The predicted octanol–water partition coefficient (Wildman–Crippen LogP) is 3.22. The van der Waals surface area contributed by atoms with Gasteiger partial charge in [0, 0.05) is 19.6 Å². The van der Waals surface area contributed by atoms with E-state index in [1.54, 1.807) is 10.4 Å². The molecule has 2 aromatic rings. The molecule has 0 saturated heterocycles. The molecule has 1 fully saturated rings. The van der Waals surface area contributed by atoms with Crippen LogP contribution in [0, 0.1) is 0 Å². The van der Waals surface area contributed by atoms with Gasteiger partial charge in [-0.2, -0.15) is 0 Å². The molecule has 0 aliphatic heterocycles. The molecule has 1 atom stereocenters. The molecule has 3 rings (SSSR count). The lowest BCUT2D eigenvalue weighted by Crippen LogP contribution is -2.32. The fourth-order valence-corrected chi connectivity index (χ4v) is 3.60. The van der Waals surface area contributed by atoms with Crippen LogP contribution >= 0.6 is 11.3 Å². The third-order valence-electron chi connectivity index (χ3n) is 4.13. The summed E-state index contributed by atoms with van der Waals surface area (Å²) in [6.45, 7) is 0.0509. The van der Waals surface area contributed by atoms with E-state index in [1.165, 1.54) is 11.3 Å². The molecule has 1 N–H and O–H groups in total. The van der Waals surface area contributed by atoms with Gasteiger partial charge in [0.2, 0.25) is 0 Å². The van der Waals surface area contributed by atoms with Gasteiger partial charge in [0.25, 0.3) is 5.91 Å². The first-order valence-electron chi connectivity index (χ1n) is 7.58. The van der Waals surface area contributed by atoms with Crippen molar-refractivity contribution < 1.29 is 9.90 Å². The average molecular weight is 316 g/mol. The Labute approximate surface area is 134 Å². The van der Waals surface area contributed by atoms with E-state index in [9.17, 15) is 9.90 Å². The Morgan fingerprint density at radius 2 is 2.14 bits per heavy atom. The van der Waals surface area contributed by atoms with Crippen molar-refractivity contribution in [3.63, 3.8) is 0 Å². The van der Waals surface area contributed by atoms with Gasteiger partial charge in [-0.25, -0.2) is 4.98 Å². The molecule has 1 aromatic carbocycles. The van der Waals surface area contributed by atoms with Crippen molar-refractivity contribution in [3.05, 3.63) is 52.0 Å². The number of thiazole rings is 1. The molecule has 0 bridgehead atoms. The maximum atomic E-state index is 12.9. The molecule has 4 nitrogen and oxygen atoms in total. The maximum absolute atomic E-state index is 12.9. The Balaban J connectivity index is 1.84. The van der Waals surface area contributed by atoms with Gasteiger partial charge in [-0.1, -0.05) is 30.3 Å². The minimum Gasteiger partial charge on any atom is -0.396 e. The molecule has 1 aliphatic rings. The number of aliphatic hydroxyl groups excluding tert-OH is 1. The minimum absolute atomic E-state index is 0.00621. The average Bonchev–Trinajstić information content (AvgIpc) is 3.29. The van der Waals surface area contributed by atoms with Gasteiger partial charge in [0.05, 0.1) is 17.2 Å². The van der Waals surface area contributed by atoms with E-state index >= 15 is 0 Å². The number of hydrogen-bond acceptors (Lipinski definition) is 4. The monoisotopic (exact) mass is 316 g/mol. The van der Waals surface area contributed by atoms with E-state index in [0.717, 1.165) is 29.0 Å². The molecule has 1 amide bonds. The highest BCUT2D eigenvalue weighted by atomic mass is 32.1. The van der Waals surface area contributed by atoms with Gasteiger partial charge < -0.3 is 10.0 Å². The quantitative estimate of drug-likeness (QED) is 0.890. The highest BCUT2D eigenvalue weighted by Gasteiger charge is 2.33. The van der Waals surface area contributed by atoms with E-state index in [0.29, 0.717) is 12.3 Å². The number of aliphatic hydroxyl groups is 1. The third kappa shape index (κ3) is 3.05. The molecule has 1 aromatic heterocycles. The van der Waals surface area contributed by atoms with E-state index in [1.807, 2.05) is 37.4 Å². The summed E-state index contributed by atoms with van der Waals surface area (Å²) in [5, 5.41) is 9.36. The molecule has 0 spiro atoms. The summed E-state index contributed by atoms with van der Waals surface area (Å²) < 4.78 is 0.